The van der Waals surface area contributed by atoms with E-state index in [4.69, 9.17) is 0 Å². The summed E-state index contributed by atoms with van der Waals surface area (Å²) < 4.78 is 0. The molecule has 0 N–H and O–H groups in total. The Balaban J connectivity index is 2.08. The summed E-state index contributed by atoms with van der Waals surface area (Å²) in [6.45, 7) is 4.01. The maximum absolute atomic E-state index is 10.8. The SMILES string of the molecule is C=C1CC([N+](=O)[O-])=CC2=C1C1CCC2C1. The number of fused-ring (bicyclic) bond motifs is 4. The van der Waals surface area contributed by atoms with Gasteiger partial charge in [-0.1, -0.05) is 6.58 Å². The number of nitro groups is 1. The lowest BCUT2D eigenvalue weighted by Crippen LogP contribution is -2.12. The van der Waals surface area contributed by atoms with Crippen LogP contribution in [-0.4, -0.2) is 4.92 Å². The van der Waals surface area contributed by atoms with Gasteiger partial charge in [-0.3, -0.25) is 10.1 Å². The Morgan fingerprint density at radius 2 is 2.13 bits per heavy atom. The van der Waals surface area contributed by atoms with Crippen molar-refractivity contribution in [2.24, 2.45) is 11.8 Å². The molecular weight excluding hydrogens is 190 g/mol. The number of rotatable bonds is 1. The van der Waals surface area contributed by atoms with E-state index >= 15 is 0 Å². The van der Waals surface area contributed by atoms with Crippen LogP contribution in [0, 0.1) is 22.0 Å². The minimum absolute atomic E-state index is 0.263. The highest BCUT2D eigenvalue weighted by Crippen LogP contribution is 2.53. The second-order valence-electron chi connectivity index (χ2n) is 4.75. The molecule has 3 aliphatic carbocycles. The van der Waals surface area contributed by atoms with Crippen LogP contribution in [0.1, 0.15) is 25.7 Å². The van der Waals surface area contributed by atoms with E-state index in [1.165, 1.54) is 30.4 Å². The monoisotopic (exact) mass is 203 g/mol. The first-order valence-electron chi connectivity index (χ1n) is 5.44. The van der Waals surface area contributed by atoms with Crippen molar-refractivity contribution >= 4 is 0 Å². The molecule has 0 heterocycles. The Hall–Kier alpha value is -1.38. The van der Waals surface area contributed by atoms with E-state index in [0.29, 0.717) is 24.0 Å². The molecular formula is C12H13NO2. The highest BCUT2D eigenvalue weighted by Gasteiger charge is 2.42. The van der Waals surface area contributed by atoms with E-state index in [0.717, 1.165) is 5.57 Å². The third-order valence-electron chi connectivity index (χ3n) is 3.92. The van der Waals surface area contributed by atoms with Crippen LogP contribution in [0.2, 0.25) is 0 Å². The topological polar surface area (TPSA) is 43.1 Å². The van der Waals surface area contributed by atoms with Crippen LogP contribution in [0.15, 0.2) is 35.1 Å². The minimum Gasteiger partial charge on any atom is -0.259 e. The predicted octanol–water partition coefficient (Wildman–Crippen LogP) is 2.83. The molecule has 78 valence electrons. The number of hydrogen-bond donors (Lipinski definition) is 0. The lowest BCUT2D eigenvalue weighted by molar-refractivity contribution is -0.427. The molecule has 0 aromatic heterocycles. The number of hydrogen-bond acceptors (Lipinski definition) is 2. The Morgan fingerprint density at radius 3 is 2.87 bits per heavy atom. The number of nitrogens with zero attached hydrogens (tertiary/aromatic N) is 1. The summed E-state index contributed by atoms with van der Waals surface area (Å²) in [7, 11) is 0. The molecule has 2 atom stereocenters. The molecule has 3 rings (SSSR count). The minimum atomic E-state index is -0.263. The average molecular weight is 203 g/mol. The Kier molecular flexibility index (Phi) is 1.67. The standard InChI is InChI=1S/C12H13NO2/c1-7-4-10(13(14)15)6-11-8-2-3-9(5-8)12(7)11/h6,8-9H,1-5H2. The van der Waals surface area contributed by atoms with Gasteiger partial charge in [0.25, 0.3) is 5.70 Å². The van der Waals surface area contributed by atoms with Gasteiger partial charge in [0.2, 0.25) is 0 Å². The fraction of sp³-hybridized carbons (Fsp3) is 0.500. The van der Waals surface area contributed by atoms with E-state index in [9.17, 15) is 10.1 Å². The number of allylic oxidation sites excluding steroid dienone is 4. The van der Waals surface area contributed by atoms with Gasteiger partial charge < -0.3 is 0 Å². The molecule has 0 spiro atoms. The van der Waals surface area contributed by atoms with Crippen LogP contribution in [0.4, 0.5) is 0 Å². The van der Waals surface area contributed by atoms with Gasteiger partial charge in [-0.25, -0.2) is 0 Å². The zero-order valence-electron chi connectivity index (χ0n) is 8.53. The molecule has 1 saturated carbocycles. The summed E-state index contributed by atoms with van der Waals surface area (Å²) in [5.74, 6) is 1.24. The Morgan fingerprint density at radius 1 is 1.40 bits per heavy atom. The van der Waals surface area contributed by atoms with Gasteiger partial charge in [0.1, 0.15) is 0 Å². The van der Waals surface area contributed by atoms with Gasteiger partial charge in [-0.05, 0) is 47.8 Å². The molecule has 3 aliphatic rings. The van der Waals surface area contributed by atoms with Crippen LogP contribution in [-0.2, 0) is 0 Å². The second-order valence-corrected chi connectivity index (χ2v) is 4.75. The maximum atomic E-state index is 10.8. The zero-order chi connectivity index (χ0) is 10.6. The van der Waals surface area contributed by atoms with Crippen molar-refractivity contribution in [3.63, 3.8) is 0 Å². The first-order chi connectivity index (χ1) is 7.16. The predicted molar refractivity (Wildman–Crippen MR) is 56.7 cm³/mol. The molecule has 0 aromatic carbocycles. The van der Waals surface area contributed by atoms with Gasteiger partial charge in [0.05, 0.1) is 11.3 Å². The van der Waals surface area contributed by atoms with Gasteiger partial charge in [0.15, 0.2) is 0 Å². The van der Waals surface area contributed by atoms with Crippen LogP contribution in [0.3, 0.4) is 0 Å². The van der Waals surface area contributed by atoms with Crippen molar-refractivity contribution in [3.8, 4) is 0 Å². The zero-order valence-corrected chi connectivity index (χ0v) is 8.53. The molecule has 2 bridgehead atoms. The first kappa shape index (κ1) is 8.89. The summed E-state index contributed by atoms with van der Waals surface area (Å²) in [6.07, 6.45) is 5.91. The molecule has 0 amide bonds. The van der Waals surface area contributed by atoms with Crippen LogP contribution >= 0.6 is 0 Å². The Labute approximate surface area is 88.3 Å². The van der Waals surface area contributed by atoms with Crippen molar-refractivity contribution in [2.75, 3.05) is 0 Å². The third-order valence-corrected chi connectivity index (χ3v) is 3.92. The van der Waals surface area contributed by atoms with Crippen LogP contribution in [0.5, 0.6) is 0 Å². The summed E-state index contributed by atoms with van der Waals surface area (Å²) in [4.78, 5) is 10.5. The second kappa shape index (κ2) is 2.81. The van der Waals surface area contributed by atoms with E-state index in [-0.39, 0.29) is 4.92 Å². The van der Waals surface area contributed by atoms with E-state index in [1.807, 2.05) is 6.08 Å². The lowest BCUT2D eigenvalue weighted by Gasteiger charge is -2.22. The summed E-state index contributed by atoms with van der Waals surface area (Å²) in [5.41, 5.74) is 3.91. The largest absolute Gasteiger partial charge is 0.259 e. The van der Waals surface area contributed by atoms with E-state index in [1.54, 1.807) is 0 Å². The third kappa shape index (κ3) is 1.12. The lowest BCUT2D eigenvalue weighted by atomic mass is 9.82. The van der Waals surface area contributed by atoms with Crippen molar-refractivity contribution in [1.29, 1.82) is 0 Å². The normalized spacial score (nSPS) is 33.1. The Bertz CT molecular complexity index is 431. The van der Waals surface area contributed by atoms with E-state index < -0.39 is 0 Å². The molecule has 0 aliphatic heterocycles. The molecule has 0 radical (unpaired) electrons. The van der Waals surface area contributed by atoms with Gasteiger partial charge in [-0.2, -0.15) is 0 Å². The van der Waals surface area contributed by atoms with Gasteiger partial charge >= 0.3 is 0 Å². The molecule has 0 aromatic rings. The maximum Gasteiger partial charge on any atom is 0.250 e. The molecule has 3 heteroatoms. The van der Waals surface area contributed by atoms with Gasteiger partial charge in [0, 0.05) is 6.08 Å². The summed E-state index contributed by atoms with van der Waals surface area (Å²) in [6, 6.07) is 0. The van der Waals surface area contributed by atoms with E-state index in [2.05, 4.69) is 6.58 Å². The quantitative estimate of drug-likeness (QED) is 0.485. The van der Waals surface area contributed by atoms with Gasteiger partial charge in [-0.15, -0.1) is 0 Å². The summed E-state index contributed by atoms with van der Waals surface area (Å²) >= 11 is 0. The fourth-order valence-electron chi connectivity index (χ4n) is 3.33. The average Bonchev–Trinajstić information content (AvgIpc) is 2.77. The fourth-order valence-corrected chi connectivity index (χ4v) is 3.33. The molecule has 15 heavy (non-hydrogen) atoms. The highest BCUT2D eigenvalue weighted by molar-refractivity contribution is 5.51. The van der Waals surface area contributed by atoms with Crippen LogP contribution < -0.4 is 0 Å². The summed E-state index contributed by atoms with van der Waals surface area (Å²) in [5, 5.41) is 10.8. The smallest absolute Gasteiger partial charge is 0.250 e. The van der Waals surface area contributed by atoms with Crippen molar-refractivity contribution in [3.05, 3.63) is 45.2 Å². The molecule has 3 nitrogen and oxygen atoms in total. The first-order valence-corrected chi connectivity index (χ1v) is 5.44. The molecule has 2 unspecified atom stereocenters. The van der Waals surface area contributed by atoms with Crippen molar-refractivity contribution < 1.29 is 4.92 Å². The van der Waals surface area contributed by atoms with Crippen molar-refractivity contribution in [1.82, 2.24) is 0 Å². The molecule has 0 saturated heterocycles. The van der Waals surface area contributed by atoms with Crippen molar-refractivity contribution in [2.45, 2.75) is 25.7 Å². The van der Waals surface area contributed by atoms with Crippen LogP contribution in [0.25, 0.3) is 0 Å². The molecule has 1 fully saturated rings. The highest BCUT2D eigenvalue weighted by atomic mass is 16.6.